The van der Waals surface area contributed by atoms with E-state index >= 15 is 0 Å². The van der Waals surface area contributed by atoms with Gasteiger partial charge in [-0.05, 0) is 36.8 Å². The highest BCUT2D eigenvalue weighted by Crippen LogP contribution is 2.22. The minimum atomic E-state index is -0.715. The summed E-state index contributed by atoms with van der Waals surface area (Å²) >= 11 is 6.07. The molecule has 1 aliphatic heterocycles. The molecule has 1 saturated heterocycles. The van der Waals surface area contributed by atoms with E-state index < -0.39 is 11.8 Å². The number of anilines is 1. The molecule has 1 aliphatic rings. The molecule has 0 saturated carbocycles. The molecule has 8 heteroatoms. The summed E-state index contributed by atoms with van der Waals surface area (Å²) in [6, 6.07) is 9.10. The number of halogens is 1. The maximum absolute atomic E-state index is 12.3. The molecule has 1 atom stereocenters. The molecule has 28 heavy (non-hydrogen) atoms. The van der Waals surface area contributed by atoms with Crippen molar-refractivity contribution in [2.75, 3.05) is 38.2 Å². The van der Waals surface area contributed by atoms with Gasteiger partial charge in [-0.2, -0.15) is 0 Å². The number of rotatable bonds is 5. The lowest BCUT2D eigenvalue weighted by Gasteiger charge is -2.34. The van der Waals surface area contributed by atoms with Crippen LogP contribution in [0.3, 0.4) is 0 Å². The zero-order valence-electron chi connectivity index (χ0n) is 16.1. The lowest BCUT2D eigenvalue weighted by molar-refractivity contribution is -0.136. The highest BCUT2D eigenvalue weighted by Gasteiger charge is 2.26. The van der Waals surface area contributed by atoms with Crippen molar-refractivity contribution in [3.63, 3.8) is 0 Å². The monoisotopic (exact) mass is 404 g/mol. The molecule has 0 bridgehead atoms. The van der Waals surface area contributed by atoms with E-state index in [0.717, 1.165) is 24.3 Å². The Balaban J connectivity index is 1.63. The minimum absolute atomic E-state index is 0.0329. The predicted molar refractivity (Wildman–Crippen MR) is 108 cm³/mol. The van der Waals surface area contributed by atoms with Crippen LogP contribution in [-0.4, -0.2) is 54.1 Å². The number of aryl methyl sites for hydroxylation is 2. The van der Waals surface area contributed by atoms with Crippen LogP contribution >= 0.6 is 11.6 Å². The molecule has 150 valence electrons. The molecule has 0 spiro atoms. The predicted octanol–water partition coefficient (Wildman–Crippen LogP) is 2.12. The average Bonchev–Trinajstić information content (AvgIpc) is 3.11. The molecule has 1 aromatic carbocycles. The zero-order chi connectivity index (χ0) is 20.1. The van der Waals surface area contributed by atoms with Crippen LogP contribution in [0, 0.1) is 6.92 Å². The topological polar surface area (TPSA) is 75.6 Å². The van der Waals surface area contributed by atoms with Gasteiger partial charge in [-0.25, -0.2) is 0 Å². The number of aromatic nitrogens is 1. The first-order valence-corrected chi connectivity index (χ1v) is 9.62. The Labute approximate surface area is 169 Å². The number of amides is 2. The largest absolute Gasteiger partial charge is 0.379 e. The third-order valence-corrected chi connectivity index (χ3v) is 5.31. The van der Waals surface area contributed by atoms with Crippen molar-refractivity contribution in [2.24, 2.45) is 7.05 Å². The Morgan fingerprint density at radius 3 is 2.61 bits per heavy atom. The maximum atomic E-state index is 12.3. The second-order valence-electron chi connectivity index (χ2n) is 6.84. The molecular formula is C20H25ClN4O3. The first-order valence-electron chi connectivity index (χ1n) is 9.24. The molecular weight excluding hydrogens is 380 g/mol. The number of ether oxygens (including phenoxy) is 1. The van der Waals surface area contributed by atoms with Crippen molar-refractivity contribution in [3.05, 3.63) is 52.8 Å². The molecule has 2 N–H and O–H groups in total. The Morgan fingerprint density at radius 2 is 1.96 bits per heavy atom. The highest BCUT2D eigenvalue weighted by molar-refractivity contribution is 6.39. The van der Waals surface area contributed by atoms with E-state index in [1.807, 2.05) is 36.9 Å². The minimum Gasteiger partial charge on any atom is -0.379 e. The standard InChI is InChI=1S/C20H25ClN4O3/c1-14-5-6-15(12-16(14)21)23-20(27)19(26)22-13-18(17-4-3-7-24(17)2)25-8-10-28-11-9-25/h3-7,12,18H,8-11,13H2,1-2H3,(H,22,26)(H,23,27). The lowest BCUT2D eigenvalue weighted by Crippen LogP contribution is -2.46. The van der Waals surface area contributed by atoms with Crippen LogP contribution in [0.2, 0.25) is 5.02 Å². The normalized spacial score (nSPS) is 15.8. The highest BCUT2D eigenvalue weighted by atomic mass is 35.5. The number of morpholine rings is 1. The third kappa shape index (κ3) is 4.92. The Bertz CT molecular complexity index is 846. The summed E-state index contributed by atoms with van der Waals surface area (Å²) in [4.78, 5) is 26.8. The average molecular weight is 405 g/mol. The molecule has 2 heterocycles. The maximum Gasteiger partial charge on any atom is 0.313 e. The number of nitrogens with zero attached hydrogens (tertiary/aromatic N) is 2. The van der Waals surface area contributed by atoms with Gasteiger partial charge in [0, 0.05) is 49.3 Å². The Kier molecular flexibility index (Phi) is 6.72. The number of hydrogen-bond acceptors (Lipinski definition) is 4. The van der Waals surface area contributed by atoms with Crippen LogP contribution in [0.4, 0.5) is 5.69 Å². The molecule has 3 rings (SSSR count). The van der Waals surface area contributed by atoms with Gasteiger partial charge in [0.05, 0.1) is 19.3 Å². The van der Waals surface area contributed by atoms with Gasteiger partial charge in [-0.3, -0.25) is 14.5 Å². The first-order chi connectivity index (χ1) is 13.5. The molecule has 2 amide bonds. The summed E-state index contributed by atoms with van der Waals surface area (Å²) < 4.78 is 7.46. The van der Waals surface area contributed by atoms with Crippen molar-refractivity contribution in [1.29, 1.82) is 0 Å². The van der Waals surface area contributed by atoms with Crippen LogP contribution in [0.15, 0.2) is 36.5 Å². The second kappa shape index (κ2) is 9.23. The summed E-state index contributed by atoms with van der Waals surface area (Å²) in [7, 11) is 1.97. The van der Waals surface area contributed by atoms with E-state index in [2.05, 4.69) is 15.5 Å². The zero-order valence-corrected chi connectivity index (χ0v) is 16.8. The summed E-state index contributed by atoms with van der Waals surface area (Å²) in [6.07, 6.45) is 1.97. The number of hydrogen-bond donors (Lipinski definition) is 2. The van der Waals surface area contributed by atoms with Crippen molar-refractivity contribution >= 4 is 29.1 Å². The number of carbonyl (C=O) groups is 2. The SMILES string of the molecule is Cc1ccc(NC(=O)C(=O)NCC(c2cccn2C)N2CCOCC2)cc1Cl. The van der Waals surface area contributed by atoms with Gasteiger partial charge in [0.1, 0.15) is 0 Å². The second-order valence-corrected chi connectivity index (χ2v) is 7.24. The van der Waals surface area contributed by atoms with Crippen LogP contribution in [0.5, 0.6) is 0 Å². The number of carbonyl (C=O) groups excluding carboxylic acids is 2. The molecule has 2 aromatic rings. The molecule has 0 aliphatic carbocycles. The van der Waals surface area contributed by atoms with Gasteiger partial charge >= 0.3 is 11.8 Å². The quantitative estimate of drug-likeness (QED) is 0.748. The van der Waals surface area contributed by atoms with E-state index in [0.29, 0.717) is 30.5 Å². The molecule has 7 nitrogen and oxygen atoms in total. The van der Waals surface area contributed by atoms with Gasteiger partial charge in [-0.15, -0.1) is 0 Å². The lowest BCUT2D eigenvalue weighted by atomic mass is 10.1. The van der Waals surface area contributed by atoms with E-state index in [-0.39, 0.29) is 6.04 Å². The van der Waals surface area contributed by atoms with Gasteiger partial charge in [0.2, 0.25) is 0 Å². The fourth-order valence-electron chi connectivity index (χ4n) is 3.26. The van der Waals surface area contributed by atoms with Crippen molar-refractivity contribution in [2.45, 2.75) is 13.0 Å². The van der Waals surface area contributed by atoms with Crippen molar-refractivity contribution in [3.8, 4) is 0 Å². The van der Waals surface area contributed by atoms with Crippen LogP contribution < -0.4 is 10.6 Å². The van der Waals surface area contributed by atoms with Gasteiger partial charge in [0.15, 0.2) is 0 Å². The number of nitrogens with one attached hydrogen (secondary N) is 2. The van der Waals surface area contributed by atoms with Crippen LogP contribution in [0.25, 0.3) is 0 Å². The smallest absolute Gasteiger partial charge is 0.313 e. The van der Waals surface area contributed by atoms with E-state index in [9.17, 15) is 9.59 Å². The Morgan fingerprint density at radius 1 is 1.21 bits per heavy atom. The van der Waals surface area contributed by atoms with Crippen molar-refractivity contribution < 1.29 is 14.3 Å². The van der Waals surface area contributed by atoms with Crippen LogP contribution in [0.1, 0.15) is 17.3 Å². The third-order valence-electron chi connectivity index (χ3n) is 4.90. The van der Waals surface area contributed by atoms with Crippen molar-refractivity contribution in [1.82, 2.24) is 14.8 Å². The van der Waals surface area contributed by atoms with Gasteiger partial charge < -0.3 is 19.9 Å². The van der Waals surface area contributed by atoms with Crippen LogP contribution in [-0.2, 0) is 21.4 Å². The van der Waals surface area contributed by atoms with E-state index in [1.54, 1.807) is 18.2 Å². The Hall–Kier alpha value is -2.35. The molecule has 1 unspecified atom stereocenters. The number of benzene rings is 1. The first kappa shape index (κ1) is 20.4. The summed E-state index contributed by atoms with van der Waals surface area (Å²) in [5.41, 5.74) is 2.47. The fourth-order valence-corrected chi connectivity index (χ4v) is 3.44. The summed E-state index contributed by atoms with van der Waals surface area (Å²) in [5, 5.41) is 5.88. The molecule has 1 aromatic heterocycles. The summed E-state index contributed by atoms with van der Waals surface area (Å²) in [6.45, 7) is 5.07. The molecule has 1 fully saturated rings. The van der Waals surface area contributed by atoms with E-state index in [1.165, 1.54) is 0 Å². The fraction of sp³-hybridized carbons (Fsp3) is 0.400. The van der Waals surface area contributed by atoms with Gasteiger partial charge in [0.25, 0.3) is 0 Å². The summed E-state index contributed by atoms with van der Waals surface area (Å²) in [5.74, 6) is -1.39. The van der Waals surface area contributed by atoms with E-state index in [4.69, 9.17) is 16.3 Å². The molecule has 0 radical (unpaired) electrons. The van der Waals surface area contributed by atoms with Gasteiger partial charge in [-0.1, -0.05) is 17.7 Å².